The van der Waals surface area contributed by atoms with E-state index in [1.165, 1.54) is 42.5 Å². The van der Waals surface area contributed by atoms with Crippen molar-refractivity contribution in [3.8, 4) is 11.3 Å². The topological polar surface area (TPSA) is 28.6 Å². The van der Waals surface area contributed by atoms with E-state index in [4.69, 9.17) is 9.72 Å². The summed E-state index contributed by atoms with van der Waals surface area (Å²) in [6.07, 6.45) is 4.85. The number of hydrogen-bond acceptors (Lipinski definition) is 4. The van der Waals surface area contributed by atoms with Crippen molar-refractivity contribution >= 4 is 5.82 Å². The van der Waals surface area contributed by atoms with Crippen LogP contribution in [0.2, 0.25) is 0 Å². The highest BCUT2D eigenvalue weighted by molar-refractivity contribution is 5.65. The maximum absolute atomic E-state index is 5.17. The van der Waals surface area contributed by atoms with Crippen LogP contribution < -0.4 is 4.90 Å². The highest BCUT2D eigenvalue weighted by Gasteiger charge is 2.37. The lowest BCUT2D eigenvalue weighted by molar-refractivity contribution is 0.182. The summed E-state index contributed by atoms with van der Waals surface area (Å²) in [5.74, 6) is 1.11. The van der Waals surface area contributed by atoms with Crippen molar-refractivity contribution in [2.24, 2.45) is 0 Å². The molecular weight excluding hydrogens is 394 g/mol. The normalized spacial score (nSPS) is 20.2. The molecule has 0 bridgehead atoms. The molecule has 2 heterocycles. The Morgan fingerprint density at radius 2 is 1.59 bits per heavy atom. The Labute approximate surface area is 195 Å². The molecule has 1 aliphatic heterocycles. The fourth-order valence-corrected chi connectivity index (χ4v) is 5.29. The molecule has 0 spiro atoms. The van der Waals surface area contributed by atoms with E-state index in [0.29, 0.717) is 0 Å². The maximum Gasteiger partial charge on any atom is 0.129 e. The van der Waals surface area contributed by atoms with Crippen LogP contribution in [-0.4, -0.2) is 56.3 Å². The van der Waals surface area contributed by atoms with E-state index in [1.807, 2.05) is 0 Å². The lowest BCUT2D eigenvalue weighted by atomic mass is 9.63. The third-order valence-electron chi connectivity index (χ3n) is 7.65. The summed E-state index contributed by atoms with van der Waals surface area (Å²) in [4.78, 5) is 10.1. The zero-order chi connectivity index (χ0) is 22.8. The summed E-state index contributed by atoms with van der Waals surface area (Å²) >= 11 is 0. The molecule has 0 unspecified atom stereocenters. The number of methoxy groups -OCH3 is 1. The first-order chi connectivity index (χ1) is 15.3. The van der Waals surface area contributed by atoms with E-state index < -0.39 is 0 Å². The van der Waals surface area contributed by atoms with Gasteiger partial charge in [-0.1, -0.05) is 45.9 Å². The van der Waals surface area contributed by atoms with Gasteiger partial charge in [-0.2, -0.15) is 0 Å². The van der Waals surface area contributed by atoms with Crippen LogP contribution in [0.15, 0.2) is 36.4 Å². The average Bonchev–Trinajstić information content (AvgIpc) is 2.80. The monoisotopic (exact) mass is 435 g/mol. The lowest BCUT2D eigenvalue weighted by Gasteiger charge is -2.42. The van der Waals surface area contributed by atoms with Gasteiger partial charge in [0.05, 0.1) is 5.69 Å². The van der Waals surface area contributed by atoms with Crippen LogP contribution in [0.3, 0.4) is 0 Å². The van der Waals surface area contributed by atoms with Gasteiger partial charge >= 0.3 is 0 Å². The Morgan fingerprint density at radius 3 is 2.31 bits per heavy atom. The Hall–Kier alpha value is -1.91. The Bertz CT molecular complexity index is 913. The average molecular weight is 436 g/mol. The predicted molar refractivity (Wildman–Crippen MR) is 135 cm³/mol. The van der Waals surface area contributed by atoms with Crippen LogP contribution in [0.4, 0.5) is 5.82 Å². The molecule has 4 heteroatoms. The number of anilines is 1. The first kappa shape index (κ1) is 23.3. The van der Waals surface area contributed by atoms with Gasteiger partial charge in [0.15, 0.2) is 0 Å². The van der Waals surface area contributed by atoms with Gasteiger partial charge in [-0.05, 0) is 72.4 Å². The summed E-state index contributed by atoms with van der Waals surface area (Å²) in [7, 11) is 1.78. The van der Waals surface area contributed by atoms with Crippen molar-refractivity contribution in [2.75, 3.05) is 51.3 Å². The molecule has 1 saturated heterocycles. The minimum absolute atomic E-state index is 0.220. The standard InChI is InChI=1S/C28H41N3O/c1-27(2)13-14-28(3,4)24-21-22(11-12-23(24)27)25-9-8-10-26(29-25)31-18-16-30(17-19-31)15-6-7-20-32-5/h8-12,21H,6-7,13-20H2,1-5H3. The molecule has 4 rings (SSSR count). The fraction of sp³-hybridized carbons (Fsp3) is 0.607. The van der Waals surface area contributed by atoms with Crippen LogP contribution in [0, 0.1) is 0 Å². The quantitative estimate of drug-likeness (QED) is 0.526. The Balaban J connectivity index is 1.47. The van der Waals surface area contributed by atoms with E-state index in [9.17, 15) is 0 Å². The second kappa shape index (κ2) is 9.52. The highest BCUT2D eigenvalue weighted by atomic mass is 16.5. The van der Waals surface area contributed by atoms with Crippen molar-refractivity contribution in [3.05, 3.63) is 47.5 Å². The first-order valence-electron chi connectivity index (χ1n) is 12.4. The van der Waals surface area contributed by atoms with Gasteiger partial charge in [0.1, 0.15) is 5.82 Å². The first-order valence-corrected chi connectivity index (χ1v) is 12.4. The molecule has 1 aromatic heterocycles. The van der Waals surface area contributed by atoms with Crippen molar-refractivity contribution in [3.63, 3.8) is 0 Å². The minimum atomic E-state index is 0.220. The molecule has 0 saturated carbocycles. The number of piperazine rings is 1. The van der Waals surface area contributed by atoms with Crippen LogP contribution in [0.1, 0.15) is 64.5 Å². The third kappa shape index (κ3) is 5.02. The van der Waals surface area contributed by atoms with Gasteiger partial charge in [-0.3, -0.25) is 4.90 Å². The van der Waals surface area contributed by atoms with Gasteiger partial charge in [0, 0.05) is 45.5 Å². The summed E-state index contributed by atoms with van der Waals surface area (Å²) in [5.41, 5.74) is 5.82. The van der Waals surface area contributed by atoms with Crippen LogP contribution in [0.5, 0.6) is 0 Å². The molecule has 1 fully saturated rings. The molecule has 0 atom stereocenters. The number of fused-ring (bicyclic) bond motifs is 1. The molecule has 0 amide bonds. The zero-order valence-corrected chi connectivity index (χ0v) is 20.8. The lowest BCUT2D eigenvalue weighted by Crippen LogP contribution is -2.47. The van der Waals surface area contributed by atoms with Crippen LogP contribution in [-0.2, 0) is 15.6 Å². The van der Waals surface area contributed by atoms with E-state index >= 15 is 0 Å². The smallest absolute Gasteiger partial charge is 0.129 e. The Kier molecular flexibility index (Phi) is 6.92. The minimum Gasteiger partial charge on any atom is -0.385 e. The van der Waals surface area contributed by atoms with E-state index in [1.54, 1.807) is 7.11 Å². The largest absolute Gasteiger partial charge is 0.385 e. The molecule has 32 heavy (non-hydrogen) atoms. The van der Waals surface area contributed by atoms with Gasteiger partial charge < -0.3 is 9.64 Å². The highest BCUT2D eigenvalue weighted by Crippen LogP contribution is 2.46. The molecule has 1 aromatic carbocycles. The molecule has 0 radical (unpaired) electrons. The number of nitrogens with zero attached hydrogens (tertiary/aromatic N) is 3. The molecule has 2 aliphatic rings. The van der Waals surface area contributed by atoms with Crippen molar-refractivity contribution < 1.29 is 4.74 Å². The van der Waals surface area contributed by atoms with Gasteiger partial charge in [-0.25, -0.2) is 4.98 Å². The van der Waals surface area contributed by atoms with E-state index in [0.717, 1.165) is 50.7 Å². The fourth-order valence-electron chi connectivity index (χ4n) is 5.29. The van der Waals surface area contributed by atoms with Crippen LogP contribution in [0.25, 0.3) is 11.3 Å². The van der Waals surface area contributed by atoms with E-state index in [-0.39, 0.29) is 10.8 Å². The zero-order valence-electron chi connectivity index (χ0n) is 20.8. The van der Waals surface area contributed by atoms with Crippen molar-refractivity contribution in [2.45, 2.75) is 64.2 Å². The summed E-state index contributed by atoms with van der Waals surface area (Å²) in [5, 5.41) is 0. The molecule has 1 aliphatic carbocycles. The van der Waals surface area contributed by atoms with Crippen molar-refractivity contribution in [1.82, 2.24) is 9.88 Å². The molecule has 174 valence electrons. The third-order valence-corrected chi connectivity index (χ3v) is 7.65. The van der Waals surface area contributed by atoms with Gasteiger partial charge in [0.2, 0.25) is 0 Å². The molecule has 4 nitrogen and oxygen atoms in total. The molecule has 2 aromatic rings. The number of unbranched alkanes of at least 4 members (excludes halogenated alkanes) is 1. The number of benzene rings is 1. The van der Waals surface area contributed by atoms with Gasteiger partial charge in [0.25, 0.3) is 0 Å². The maximum atomic E-state index is 5.17. The number of pyridine rings is 1. The second-order valence-electron chi connectivity index (χ2n) is 10.9. The van der Waals surface area contributed by atoms with Crippen molar-refractivity contribution in [1.29, 1.82) is 0 Å². The molecule has 0 N–H and O–H groups in total. The number of hydrogen-bond donors (Lipinski definition) is 0. The molecular formula is C28H41N3O. The summed E-state index contributed by atoms with van der Waals surface area (Å²) in [6, 6.07) is 13.6. The number of ether oxygens (including phenoxy) is 1. The second-order valence-corrected chi connectivity index (χ2v) is 10.9. The van der Waals surface area contributed by atoms with E-state index in [2.05, 4.69) is 73.9 Å². The number of rotatable bonds is 7. The van der Waals surface area contributed by atoms with Crippen LogP contribution >= 0.6 is 0 Å². The summed E-state index contributed by atoms with van der Waals surface area (Å²) < 4.78 is 5.17. The SMILES string of the molecule is COCCCCN1CCN(c2cccc(-c3ccc4c(c3)C(C)(C)CCC4(C)C)n2)CC1. The summed E-state index contributed by atoms with van der Waals surface area (Å²) in [6.45, 7) is 15.9. The number of aromatic nitrogens is 1. The Morgan fingerprint density at radius 1 is 0.875 bits per heavy atom. The predicted octanol–water partition coefficient (Wildman–Crippen LogP) is 5.65. The van der Waals surface area contributed by atoms with Gasteiger partial charge in [-0.15, -0.1) is 0 Å².